The second kappa shape index (κ2) is 9.84. The minimum Gasteiger partial charge on any atom is -0.307 e. The van der Waals surface area contributed by atoms with Crippen molar-refractivity contribution in [3.8, 4) is 11.5 Å². The number of anilines is 1. The highest BCUT2D eigenvalue weighted by atomic mass is 35.5. The molecule has 0 aliphatic carbocycles. The van der Waals surface area contributed by atoms with E-state index >= 15 is 0 Å². The van der Waals surface area contributed by atoms with Gasteiger partial charge in [0.25, 0.3) is 0 Å². The van der Waals surface area contributed by atoms with Crippen LogP contribution in [0.25, 0.3) is 11.5 Å². The third kappa shape index (κ3) is 4.15. The number of hydrogen-bond donors (Lipinski definition) is 1. The van der Waals surface area contributed by atoms with Gasteiger partial charge in [-0.25, -0.2) is 13.9 Å². The number of rotatable bonds is 4. The summed E-state index contributed by atoms with van der Waals surface area (Å²) in [5.74, 6) is 0.501. The highest BCUT2D eigenvalue weighted by Gasteiger charge is 2.36. The van der Waals surface area contributed by atoms with Gasteiger partial charge in [0.2, 0.25) is 0 Å². The molecule has 190 valence electrons. The SMILES string of the molecule is CCc1nn(-c2ccccc2)c2c1CN(C(=O)Nc1ccccc1Cl)C(c1cccc(F)c1)c1cccn1-2. The summed E-state index contributed by atoms with van der Waals surface area (Å²) in [5, 5.41) is 8.38. The number of nitrogens with one attached hydrogen (secondary N) is 1. The zero-order chi connectivity index (χ0) is 26.2. The van der Waals surface area contributed by atoms with Gasteiger partial charge < -0.3 is 14.8 Å². The van der Waals surface area contributed by atoms with Gasteiger partial charge in [-0.05, 0) is 60.5 Å². The lowest BCUT2D eigenvalue weighted by atomic mass is 10.0. The van der Waals surface area contributed by atoms with Crippen molar-refractivity contribution < 1.29 is 9.18 Å². The van der Waals surface area contributed by atoms with Crippen molar-refractivity contribution in [3.05, 3.63) is 131 Å². The number of para-hydroxylation sites is 2. The minimum atomic E-state index is -0.565. The van der Waals surface area contributed by atoms with E-state index in [1.165, 1.54) is 12.1 Å². The van der Waals surface area contributed by atoms with E-state index in [0.717, 1.165) is 28.5 Å². The van der Waals surface area contributed by atoms with Gasteiger partial charge in [-0.3, -0.25) is 0 Å². The molecule has 3 heterocycles. The molecule has 0 radical (unpaired) electrons. The lowest BCUT2D eigenvalue weighted by Crippen LogP contribution is -2.38. The summed E-state index contributed by atoms with van der Waals surface area (Å²) >= 11 is 6.38. The molecule has 0 bridgehead atoms. The zero-order valence-electron chi connectivity index (χ0n) is 20.7. The van der Waals surface area contributed by atoms with Gasteiger partial charge in [0, 0.05) is 11.8 Å². The van der Waals surface area contributed by atoms with Crippen molar-refractivity contribution in [3.63, 3.8) is 0 Å². The lowest BCUT2D eigenvalue weighted by Gasteiger charge is -2.31. The van der Waals surface area contributed by atoms with Crippen molar-refractivity contribution >= 4 is 23.3 Å². The van der Waals surface area contributed by atoms with Crippen molar-refractivity contribution in [1.29, 1.82) is 0 Å². The van der Waals surface area contributed by atoms with Crippen LogP contribution in [0.15, 0.2) is 97.2 Å². The van der Waals surface area contributed by atoms with Crippen LogP contribution in [0.4, 0.5) is 14.9 Å². The summed E-state index contributed by atoms with van der Waals surface area (Å²) in [7, 11) is 0. The van der Waals surface area contributed by atoms with Gasteiger partial charge in [0.15, 0.2) is 0 Å². The van der Waals surface area contributed by atoms with Crippen LogP contribution in [-0.2, 0) is 13.0 Å². The Morgan fingerprint density at radius 2 is 1.82 bits per heavy atom. The Kier molecular flexibility index (Phi) is 6.21. The molecule has 1 atom stereocenters. The largest absolute Gasteiger partial charge is 0.323 e. The summed E-state index contributed by atoms with van der Waals surface area (Å²) in [5.41, 5.74) is 4.73. The molecule has 6 nitrogen and oxygen atoms in total. The van der Waals surface area contributed by atoms with Crippen molar-refractivity contribution in [2.45, 2.75) is 25.9 Å². The average Bonchev–Trinajstić information content (AvgIpc) is 3.51. The predicted molar refractivity (Wildman–Crippen MR) is 147 cm³/mol. The maximum Gasteiger partial charge on any atom is 0.323 e. The Bertz CT molecular complexity index is 1630. The molecule has 5 aromatic rings. The quantitative estimate of drug-likeness (QED) is 0.271. The zero-order valence-corrected chi connectivity index (χ0v) is 21.4. The van der Waals surface area contributed by atoms with E-state index in [9.17, 15) is 9.18 Å². The molecule has 6 rings (SSSR count). The van der Waals surface area contributed by atoms with Crippen molar-refractivity contribution in [1.82, 2.24) is 19.2 Å². The number of carbonyl (C=O) groups excluding carboxylic acids is 1. The van der Waals surface area contributed by atoms with Crippen LogP contribution >= 0.6 is 11.6 Å². The maximum absolute atomic E-state index is 14.5. The normalized spacial score (nSPS) is 14.5. The van der Waals surface area contributed by atoms with Crippen LogP contribution in [0.1, 0.15) is 35.5 Å². The highest BCUT2D eigenvalue weighted by Crippen LogP contribution is 2.39. The molecule has 2 amide bonds. The molecule has 1 unspecified atom stereocenters. The van der Waals surface area contributed by atoms with Crippen LogP contribution in [-0.4, -0.2) is 25.3 Å². The fourth-order valence-corrected chi connectivity index (χ4v) is 5.31. The van der Waals surface area contributed by atoms with Crippen molar-refractivity contribution in [2.75, 3.05) is 5.32 Å². The molecule has 0 saturated heterocycles. The number of amides is 2. The molecule has 0 spiro atoms. The first-order valence-electron chi connectivity index (χ1n) is 12.5. The van der Waals surface area contributed by atoms with Gasteiger partial charge in [-0.15, -0.1) is 0 Å². The van der Waals surface area contributed by atoms with Crippen LogP contribution in [0, 0.1) is 5.82 Å². The summed E-state index contributed by atoms with van der Waals surface area (Å²) in [6, 6.07) is 26.4. The van der Waals surface area contributed by atoms with E-state index in [1.807, 2.05) is 71.5 Å². The second-order valence-electron chi connectivity index (χ2n) is 9.15. The first-order chi connectivity index (χ1) is 18.5. The predicted octanol–water partition coefficient (Wildman–Crippen LogP) is 7.16. The van der Waals surface area contributed by atoms with E-state index in [0.29, 0.717) is 22.7 Å². The Labute approximate surface area is 224 Å². The summed E-state index contributed by atoms with van der Waals surface area (Å²) < 4.78 is 18.5. The number of fused-ring (bicyclic) bond motifs is 3. The Morgan fingerprint density at radius 3 is 2.58 bits per heavy atom. The number of carbonyl (C=O) groups is 1. The molecule has 38 heavy (non-hydrogen) atoms. The minimum absolute atomic E-state index is 0.268. The van der Waals surface area contributed by atoms with Crippen LogP contribution < -0.4 is 5.32 Å². The fraction of sp³-hybridized carbons (Fsp3) is 0.133. The molecule has 1 aliphatic rings. The summed E-state index contributed by atoms with van der Waals surface area (Å²) in [6.07, 6.45) is 2.65. The summed E-state index contributed by atoms with van der Waals surface area (Å²) in [4.78, 5) is 15.7. The van der Waals surface area contributed by atoms with E-state index in [2.05, 4.69) is 16.8 Å². The average molecular weight is 526 g/mol. The van der Waals surface area contributed by atoms with Gasteiger partial charge >= 0.3 is 6.03 Å². The fourth-order valence-electron chi connectivity index (χ4n) is 5.13. The van der Waals surface area contributed by atoms with Gasteiger partial charge in [-0.2, -0.15) is 5.10 Å². The molecule has 8 heteroatoms. The Hall–Kier alpha value is -4.36. The lowest BCUT2D eigenvalue weighted by molar-refractivity contribution is 0.194. The van der Waals surface area contributed by atoms with Crippen LogP contribution in [0.2, 0.25) is 5.02 Å². The van der Waals surface area contributed by atoms with E-state index in [-0.39, 0.29) is 18.4 Å². The molecular weight excluding hydrogens is 501 g/mol. The maximum atomic E-state index is 14.5. The number of urea groups is 1. The number of hydrogen-bond acceptors (Lipinski definition) is 2. The van der Waals surface area contributed by atoms with Crippen LogP contribution in [0.3, 0.4) is 0 Å². The van der Waals surface area contributed by atoms with E-state index in [1.54, 1.807) is 23.1 Å². The number of nitrogens with zero attached hydrogens (tertiary/aromatic N) is 4. The van der Waals surface area contributed by atoms with E-state index in [4.69, 9.17) is 16.7 Å². The van der Waals surface area contributed by atoms with Gasteiger partial charge in [-0.1, -0.05) is 61.0 Å². The van der Waals surface area contributed by atoms with Crippen LogP contribution in [0.5, 0.6) is 0 Å². The molecular formula is C30H25ClFN5O. The second-order valence-corrected chi connectivity index (χ2v) is 9.56. The Balaban J connectivity index is 1.57. The first kappa shape index (κ1) is 24.0. The molecule has 1 N–H and O–H groups in total. The number of aromatic nitrogens is 3. The highest BCUT2D eigenvalue weighted by molar-refractivity contribution is 6.33. The van der Waals surface area contributed by atoms with Gasteiger partial charge in [0.1, 0.15) is 11.6 Å². The van der Waals surface area contributed by atoms with Gasteiger partial charge in [0.05, 0.1) is 40.4 Å². The topological polar surface area (TPSA) is 55.1 Å². The molecule has 0 fully saturated rings. The smallest absolute Gasteiger partial charge is 0.307 e. The number of benzene rings is 3. The third-order valence-electron chi connectivity index (χ3n) is 6.84. The Morgan fingerprint density at radius 1 is 1.03 bits per heavy atom. The van der Waals surface area contributed by atoms with E-state index < -0.39 is 6.04 Å². The standard InChI is InChI=1S/C30H25ClFN5O/c1-2-25-23-19-36(30(38)33-26-15-7-6-14-24(26)31)28(20-10-8-11-21(32)18-20)27-16-9-17-35(27)29(23)37(34-25)22-12-4-3-5-13-22/h3-18,28H,2,19H2,1H3,(H,33,38). The molecule has 1 aliphatic heterocycles. The number of aryl methyl sites for hydroxylation is 1. The molecule has 0 saturated carbocycles. The number of halogens is 2. The molecule has 2 aromatic heterocycles. The van der Waals surface area contributed by atoms with Crippen molar-refractivity contribution in [2.24, 2.45) is 0 Å². The third-order valence-corrected chi connectivity index (χ3v) is 7.17. The summed E-state index contributed by atoms with van der Waals surface area (Å²) in [6.45, 7) is 2.32. The first-order valence-corrected chi connectivity index (χ1v) is 12.8. The monoisotopic (exact) mass is 525 g/mol. The molecule has 3 aromatic carbocycles.